The molecule has 0 aromatic carbocycles. The SMILES string of the molecule is SCCCOCCCOCCCS. The van der Waals surface area contributed by atoms with Gasteiger partial charge in [-0.25, -0.2) is 0 Å². The molecule has 0 rings (SSSR count). The molecule has 0 aliphatic heterocycles. The zero-order valence-corrected chi connectivity index (χ0v) is 9.86. The molecule has 13 heavy (non-hydrogen) atoms. The highest BCUT2D eigenvalue weighted by Gasteiger charge is 1.90. The summed E-state index contributed by atoms with van der Waals surface area (Å²) in [6.45, 7) is 3.24. The van der Waals surface area contributed by atoms with Gasteiger partial charge in [0.25, 0.3) is 0 Å². The molecular formula is C9H20O2S2. The summed E-state index contributed by atoms with van der Waals surface area (Å²) in [5.41, 5.74) is 0. The van der Waals surface area contributed by atoms with Crippen molar-refractivity contribution in [1.29, 1.82) is 0 Å². The van der Waals surface area contributed by atoms with E-state index >= 15 is 0 Å². The molecule has 0 radical (unpaired) electrons. The molecule has 0 amide bonds. The second-order valence-electron chi connectivity index (χ2n) is 2.73. The average Bonchev–Trinajstić information content (AvgIpc) is 2.16. The van der Waals surface area contributed by atoms with Crippen LogP contribution >= 0.6 is 25.3 Å². The number of hydrogen-bond donors (Lipinski definition) is 2. The van der Waals surface area contributed by atoms with Crippen LogP contribution in [0.5, 0.6) is 0 Å². The van der Waals surface area contributed by atoms with Gasteiger partial charge in [-0.05, 0) is 30.8 Å². The minimum atomic E-state index is 0.800. The van der Waals surface area contributed by atoms with Gasteiger partial charge in [0, 0.05) is 26.4 Å². The second-order valence-corrected chi connectivity index (χ2v) is 3.63. The molecule has 0 bridgehead atoms. The molecule has 80 valence electrons. The highest BCUT2D eigenvalue weighted by Crippen LogP contribution is 1.91. The van der Waals surface area contributed by atoms with Crippen LogP contribution < -0.4 is 0 Å². The van der Waals surface area contributed by atoms with Crippen molar-refractivity contribution in [2.45, 2.75) is 19.3 Å². The molecule has 0 saturated heterocycles. The molecule has 0 aromatic rings. The van der Waals surface area contributed by atoms with Gasteiger partial charge in [-0.2, -0.15) is 25.3 Å². The summed E-state index contributed by atoms with van der Waals surface area (Å²) in [6.07, 6.45) is 3.05. The molecule has 0 spiro atoms. The number of hydrogen-bond acceptors (Lipinski definition) is 4. The normalized spacial score (nSPS) is 10.6. The van der Waals surface area contributed by atoms with Crippen molar-refractivity contribution < 1.29 is 9.47 Å². The molecule has 2 nitrogen and oxygen atoms in total. The van der Waals surface area contributed by atoms with Crippen LogP contribution in [0.4, 0.5) is 0 Å². The maximum atomic E-state index is 5.34. The molecule has 0 aromatic heterocycles. The topological polar surface area (TPSA) is 18.5 Å². The monoisotopic (exact) mass is 224 g/mol. The van der Waals surface area contributed by atoms with Crippen molar-refractivity contribution >= 4 is 25.3 Å². The molecule has 4 heteroatoms. The lowest BCUT2D eigenvalue weighted by Crippen LogP contribution is -2.03. The Labute approximate surface area is 92.2 Å². The van der Waals surface area contributed by atoms with Crippen molar-refractivity contribution in [1.82, 2.24) is 0 Å². The maximum Gasteiger partial charge on any atom is 0.0487 e. The molecule has 0 aliphatic carbocycles. The van der Waals surface area contributed by atoms with Gasteiger partial charge in [0.1, 0.15) is 0 Å². The van der Waals surface area contributed by atoms with Crippen molar-refractivity contribution in [3.63, 3.8) is 0 Å². The van der Waals surface area contributed by atoms with E-state index in [1.54, 1.807) is 0 Å². The van der Waals surface area contributed by atoms with E-state index in [-0.39, 0.29) is 0 Å². The summed E-state index contributed by atoms with van der Waals surface area (Å²) in [6, 6.07) is 0. The van der Waals surface area contributed by atoms with Gasteiger partial charge in [-0.15, -0.1) is 0 Å². The third kappa shape index (κ3) is 12.6. The molecular weight excluding hydrogens is 204 g/mol. The number of ether oxygens (including phenoxy) is 2. The van der Waals surface area contributed by atoms with Gasteiger partial charge in [0.05, 0.1) is 0 Å². The van der Waals surface area contributed by atoms with E-state index in [4.69, 9.17) is 9.47 Å². The first-order chi connectivity index (χ1) is 6.41. The Balaban J connectivity index is 2.76. The molecule has 0 saturated carbocycles. The standard InChI is InChI=1S/C9H20O2S2/c12-8-2-6-10-4-1-5-11-7-3-9-13/h12-13H,1-9H2. The third-order valence-electron chi connectivity index (χ3n) is 1.47. The lowest BCUT2D eigenvalue weighted by atomic mass is 10.4. The minimum absolute atomic E-state index is 0.800. The average molecular weight is 224 g/mol. The van der Waals surface area contributed by atoms with Gasteiger partial charge in [0.15, 0.2) is 0 Å². The lowest BCUT2D eigenvalue weighted by Gasteiger charge is -2.04. The fourth-order valence-corrected chi connectivity index (χ4v) is 1.06. The molecule has 0 unspecified atom stereocenters. The highest BCUT2D eigenvalue weighted by atomic mass is 32.1. The quantitative estimate of drug-likeness (QED) is 0.437. The fraction of sp³-hybridized carbons (Fsp3) is 1.00. The fourth-order valence-electron chi connectivity index (χ4n) is 0.800. The van der Waals surface area contributed by atoms with E-state index in [0.717, 1.165) is 57.2 Å². The first-order valence-electron chi connectivity index (χ1n) is 4.79. The minimum Gasteiger partial charge on any atom is -0.381 e. The molecule has 0 aliphatic rings. The highest BCUT2D eigenvalue weighted by molar-refractivity contribution is 7.80. The molecule has 0 atom stereocenters. The maximum absolute atomic E-state index is 5.34. The zero-order chi connectivity index (χ0) is 9.78. The summed E-state index contributed by atoms with van der Waals surface area (Å²) in [5.74, 6) is 1.80. The lowest BCUT2D eigenvalue weighted by molar-refractivity contribution is 0.0839. The van der Waals surface area contributed by atoms with Crippen LogP contribution in [0.3, 0.4) is 0 Å². The molecule has 0 fully saturated rings. The Morgan fingerprint density at radius 2 is 1.00 bits per heavy atom. The van der Waals surface area contributed by atoms with Gasteiger partial charge in [-0.3, -0.25) is 0 Å². The Morgan fingerprint density at radius 3 is 1.38 bits per heavy atom. The predicted octanol–water partition coefficient (Wildman–Crippen LogP) is 2.05. The van der Waals surface area contributed by atoms with E-state index in [0.29, 0.717) is 0 Å². The van der Waals surface area contributed by atoms with Crippen molar-refractivity contribution in [3.8, 4) is 0 Å². The first kappa shape index (κ1) is 13.6. The van der Waals surface area contributed by atoms with E-state index in [1.807, 2.05) is 0 Å². The van der Waals surface area contributed by atoms with Gasteiger partial charge in [-0.1, -0.05) is 0 Å². The van der Waals surface area contributed by atoms with Crippen LogP contribution in [0.2, 0.25) is 0 Å². The summed E-state index contributed by atoms with van der Waals surface area (Å²) in [4.78, 5) is 0. The Morgan fingerprint density at radius 1 is 0.615 bits per heavy atom. The van der Waals surface area contributed by atoms with Crippen molar-refractivity contribution in [3.05, 3.63) is 0 Å². The van der Waals surface area contributed by atoms with Crippen LogP contribution in [-0.4, -0.2) is 37.9 Å². The zero-order valence-electron chi connectivity index (χ0n) is 8.07. The van der Waals surface area contributed by atoms with E-state index in [9.17, 15) is 0 Å². The Bertz CT molecular complexity index is 81.7. The number of rotatable bonds is 10. The van der Waals surface area contributed by atoms with Crippen LogP contribution in [-0.2, 0) is 9.47 Å². The van der Waals surface area contributed by atoms with Crippen LogP contribution in [0.1, 0.15) is 19.3 Å². The molecule has 0 heterocycles. The summed E-state index contributed by atoms with van der Waals surface area (Å²) >= 11 is 8.18. The van der Waals surface area contributed by atoms with E-state index in [1.165, 1.54) is 0 Å². The van der Waals surface area contributed by atoms with E-state index < -0.39 is 0 Å². The van der Waals surface area contributed by atoms with Crippen LogP contribution in [0, 0.1) is 0 Å². The third-order valence-corrected chi connectivity index (χ3v) is 2.10. The van der Waals surface area contributed by atoms with Crippen molar-refractivity contribution in [2.24, 2.45) is 0 Å². The number of thiol groups is 2. The smallest absolute Gasteiger partial charge is 0.0487 e. The van der Waals surface area contributed by atoms with E-state index in [2.05, 4.69) is 25.3 Å². The van der Waals surface area contributed by atoms with Crippen LogP contribution in [0.15, 0.2) is 0 Å². The second kappa shape index (κ2) is 12.6. The van der Waals surface area contributed by atoms with Crippen LogP contribution in [0.25, 0.3) is 0 Å². The molecule has 0 N–H and O–H groups in total. The van der Waals surface area contributed by atoms with Gasteiger partial charge < -0.3 is 9.47 Å². The summed E-state index contributed by atoms with van der Waals surface area (Å²) in [7, 11) is 0. The van der Waals surface area contributed by atoms with Gasteiger partial charge >= 0.3 is 0 Å². The Kier molecular flexibility index (Phi) is 13.2. The van der Waals surface area contributed by atoms with Crippen molar-refractivity contribution in [2.75, 3.05) is 37.9 Å². The summed E-state index contributed by atoms with van der Waals surface area (Å²) < 4.78 is 10.7. The first-order valence-corrected chi connectivity index (χ1v) is 6.05. The summed E-state index contributed by atoms with van der Waals surface area (Å²) in [5, 5.41) is 0. The largest absolute Gasteiger partial charge is 0.381 e. The predicted molar refractivity (Wildman–Crippen MR) is 63.2 cm³/mol. The van der Waals surface area contributed by atoms with Gasteiger partial charge in [0.2, 0.25) is 0 Å². The Hall–Kier alpha value is 0.620.